The number of aromatic nitrogens is 1. The van der Waals surface area contributed by atoms with Crippen LogP contribution >= 0.6 is 23.1 Å². The lowest BCUT2D eigenvalue weighted by Crippen LogP contribution is -1.95. The van der Waals surface area contributed by atoms with Gasteiger partial charge in [-0.15, -0.1) is 11.3 Å². The van der Waals surface area contributed by atoms with Crippen molar-refractivity contribution in [1.29, 1.82) is 0 Å². The van der Waals surface area contributed by atoms with Gasteiger partial charge in [0.2, 0.25) is 0 Å². The van der Waals surface area contributed by atoms with Gasteiger partial charge in [0.25, 0.3) is 0 Å². The maximum absolute atomic E-state index is 5.53. The first-order valence-corrected chi connectivity index (χ1v) is 6.47. The van der Waals surface area contributed by atoms with Gasteiger partial charge >= 0.3 is 0 Å². The van der Waals surface area contributed by atoms with Crippen molar-refractivity contribution in [3.63, 3.8) is 0 Å². The summed E-state index contributed by atoms with van der Waals surface area (Å²) in [5.74, 6) is 3.10. The van der Waals surface area contributed by atoms with Crippen molar-refractivity contribution in [2.75, 3.05) is 11.5 Å². The Morgan fingerprint density at radius 3 is 3.00 bits per heavy atom. The van der Waals surface area contributed by atoms with Crippen molar-refractivity contribution in [3.05, 3.63) is 11.1 Å². The van der Waals surface area contributed by atoms with Crippen LogP contribution in [0.5, 0.6) is 0 Å². The predicted molar refractivity (Wildman–Crippen MR) is 62.1 cm³/mol. The van der Waals surface area contributed by atoms with Gasteiger partial charge in [-0.3, -0.25) is 0 Å². The molecule has 4 heteroatoms. The normalized spacial score (nSPS) is 13.1. The molecule has 0 aromatic carbocycles. The maximum Gasteiger partial charge on any atom is 0.180 e. The average molecular weight is 216 g/mol. The predicted octanol–water partition coefficient (Wildman–Crippen LogP) is 3.00. The van der Waals surface area contributed by atoms with E-state index in [1.807, 2.05) is 18.0 Å². The Hall–Kier alpha value is -0.220. The van der Waals surface area contributed by atoms with Crippen LogP contribution in [0.25, 0.3) is 0 Å². The molecule has 1 atom stereocenters. The van der Waals surface area contributed by atoms with E-state index in [0.29, 0.717) is 5.13 Å². The Labute approximate surface area is 87.9 Å². The number of hydrogen-bond acceptors (Lipinski definition) is 4. The Kier molecular flexibility index (Phi) is 4.59. The zero-order chi connectivity index (χ0) is 9.68. The molecular weight excluding hydrogens is 200 g/mol. The van der Waals surface area contributed by atoms with Crippen LogP contribution in [-0.4, -0.2) is 10.7 Å². The summed E-state index contributed by atoms with van der Waals surface area (Å²) in [7, 11) is 0. The van der Waals surface area contributed by atoms with Crippen LogP contribution in [0, 0.1) is 5.92 Å². The van der Waals surface area contributed by atoms with Crippen LogP contribution in [0.15, 0.2) is 6.20 Å². The minimum Gasteiger partial charge on any atom is -0.375 e. The number of nitrogen functional groups attached to an aromatic ring is 1. The van der Waals surface area contributed by atoms with Crippen molar-refractivity contribution in [2.45, 2.75) is 26.0 Å². The smallest absolute Gasteiger partial charge is 0.180 e. The third-order valence-corrected chi connectivity index (χ3v) is 4.24. The third-order valence-electron chi connectivity index (χ3n) is 1.92. The van der Waals surface area contributed by atoms with Crippen LogP contribution < -0.4 is 5.73 Å². The summed E-state index contributed by atoms with van der Waals surface area (Å²) < 4.78 is 0. The molecule has 0 aliphatic rings. The second-order valence-electron chi connectivity index (χ2n) is 3.19. The standard InChI is InChI=1S/C9H16N2S2/c1-3-7(2)5-12-6-8-4-11-9(10)13-8/h4,7H,3,5-6H2,1-2H3,(H2,10,11). The second kappa shape index (κ2) is 5.50. The molecule has 1 rings (SSSR count). The zero-order valence-electron chi connectivity index (χ0n) is 8.12. The number of rotatable bonds is 5. The van der Waals surface area contributed by atoms with E-state index in [0.717, 1.165) is 11.7 Å². The maximum atomic E-state index is 5.53. The minimum absolute atomic E-state index is 0.680. The summed E-state index contributed by atoms with van der Waals surface area (Å²) in [5, 5.41) is 0.680. The Morgan fingerprint density at radius 2 is 2.46 bits per heavy atom. The van der Waals surface area contributed by atoms with Crippen molar-refractivity contribution < 1.29 is 0 Å². The van der Waals surface area contributed by atoms with Crippen molar-refractivity contribution in [1.82, 2.24) is 4.98 Å². The number of anilines is 1. The molecule has 2 nitrogen and oxygen atoms in total. The second-order valence-corrected chi connectivity index (χ2v) is 5.37. The van der Waals surface area contributed by atoms with Gasteiger partial charge in [0, 0.05) is 16.8 Å². The molecule has 0 spiro atoms. The van der Waals surface area contributed by atoms with Crippen molar-refractivity contribution in [2.24, 2.45) is 5.92 Å². The fourth-order valence-corrected chi connectivity index (χ4v) is 2.86. The van der Waals surface area contributed by atoms with Gasteiger partial charge in [0.15, 0.2) is 5.13 Å². The monoisotopic (exact) mass is 216 g/mol. The Morgan fingerprint density at radius 1 is 1.69 bits per heavy atom. The lowest BCUT2D eigenvalue weighted by molar-refractivity contribution is 0.637. The fourth-order valence-electron chi connectivity index (χ4n) is 0.868. The van der Waals surface area contributed by atoms with Gasteiger partial charge in [-0.1, -0.05) is 20.3 Å². The van der Waals surface area contributed by atoms with E-state index in [1.165, 1.54) is 17.1 Å². The molecule has 0 aliphatic heterocycles. The molecule has 1 heterocycles. The molecule has 0 saturated carbocycles. The van der Waals surface area contributed by atoms with Crippen molar-refractivity contribution in [3.8, 4) is 0 Å². The van der Waals surface area contributed by atoms with E-state index < -0.39 is 0 Å². The largest absolute Gasteiger partial charge is 0.375 e. The minimum atomic E-state index is 0.680. The van der Waals surface area contributed by atoms with E-state index in [-0.39, 0.29) is 0 Å². The molecule has 0 radical (unpaired) electrons. The lowest BCUT2D eigenvalue weighted by Gasteiger charge is -2.05. The van der Waals surface area contributed by atoms with Crippen LogP contribution in [0.2, 0.25) is 0 Å². The van der Waals surface area contributed by atoms with E-state index in [4.69, 9.17) is 5.73 Å². The molecular formula is C9H16N2S2. The van der Waals surface area contributed by atoms with Crippen LogP contribution in [0.3, 0.4) is 0 Å². The van der Waals surface area contributed by atoms with Gasteiger partial charge in [0.05, 0.1) is 0 Å². The van der Waals surface area contributed by atoms with Crippen LogP contribution in [-0.2, 0) is 5.75 Å². The highest BCUT2D eigenvalue weighted by Crippen LogP contribution is 2.22. The first-order valence-electron chi connectivity index (χ1n) is 4.50. The SMILES string of the molecule is CCC(C)CSCc1cnc(N)s1. The summed E-state index contributed by atoms with van der Waals surface area (Å²) >= 11 is 3.56. The molecule has 74 valence electrons. The zero-order valence-corrected chi connectivity index (χ0v) is 9.75. The third kappa shape index (κ3) is 4.00. The van der Waals surface area contributed by atoms with Gasteiger partial charge in [0.1, 0.15) is 0 Å². The van der Waals surface area contributed by atoms with Gasteiger partial charge in [-0.25, -0.2) is 4.98 Å². The van der Waals surface area contributed by atoms with E-state index >= 15 is 0 Å². The molecule has 13 heavy (non-hydrogen) atoms. The van der Waals surface area contributed by atoms with Crippen LogP contribution in [0.4, 0.5) is 5.13 Å². The van der Waals surface area contributed by atoms with Crippen LogP contribution in [0.1, 0.15) is 25.1 Å². The van der Waals surface area contributed by atoms with Gasteiger partial charge in [-0.2, -0.15) is 11.8 Å². The molecule has 1 unspecified atom stereocenters. The quantitative estimate of drug-likeness (QED) is 0.822. The summed E-state index contributed by atoms with van der Waals surface area (Å²) in [5.41, 5.74) is 5.53. The fraction of sp³-hybridized carbons (Fsp3) is 0.667. The van der Waals surface area contributed by atoms with E-state index in [1.54, 1.807) is 11.3 Å². The average Bonchev–Trinajstić information content (AvgIpc) is 2.51. The molecule has 0 amide bonds. The lowest BCUT2D eigenvalue weighted by atomic mass is 10.2. The number of hydrogen-bond donors (Lipinski definition) is 1. The van der Waals surface area contributed by atoms with Gasteiger partial charge < -0.3 is 5.73 Å². The highest BCUT2D eigenvalue weighted by molar-refractivity contribution is 7.98. The summed E-state index contributed by atoms with van der Waals surface area (Å²) in [6, 6.07) is 0. The highest BCUT2D eigenvalue weighted by atomic mass is 32.2. The molecule has 1 aromatic rings. The van der Waals surface area contributed by atoms with Crippen molar-refractivity contribution >= 4 is 28.2 Å². The number of nitrogens with two attached hydrogens (primary N) is 1. The Bertz CT molecular complexity index is 248. The molecule has 1 aromatic heterocycles. The summed E-state index contributed by atoms with van der Waals surface area (Å²) in [6.07, 6.45) is 3.14. The molecule has 0 fully saturated rings. The number of thiazole rings is 1. The summed E-state index contributed by atoms with van der Waals surface area (Å²) in [4.78, 5) is 5.30. The molecule has 0 aliphatic carbocycles. The summed E-state index contributed by atoms with van der Waals surface area (Å²) in [6.45, 7) is 4.52. The first-order chi connectivity index (χ1) is 6.22. The number of nitrogens with zero attached hydrogens (tertiary/aromatic N) is 1. The van der Waals surface area contributed by atoms with E-state index in [9.17, 15) is 0 Å². The number of thioether (sulfide) groups is 1. The van der Waals surface area contributed by atoms with E-state index in [2.05, 4.69) is 18.8 Å². The molecule has 0 bridgehead atoms. The highest BCUT2D eigenvalue weighted by Gasteiger charge is 2.01. The Balaban J connectivity index is 2.20. The molecule has 0 saturated heterocycles. The molecule has 2 N–H and O–H groups in total. The van der Waals surface area contributed by atoms with Gasteiger partial charge in [-0.05, 0) is 11.7 Å². The topological polar surface area (TPSA) is 38.9 Å². The first kappa shape index (κ1) is 10.9.